The quantitative estimate of drug-likeness (QED) is 0.413. The van der Waals surface area contributed by atoms with Crippen LogP contribution in [0, 0.1) is 0 Å². The van der Waals surface area contributed by atoms with Crippen molar-refractivity contribution < 1.29 is 43.8 Å². The van der Waals surface area contributed by atoms with Crippen molar-refractivity contribution in [2.24, 2.45) is 0 Å². The maximum atomic E-state index is 13.1. The van der Waals surface area contributed by atoms with Crippen molar-refractivity contribution in [3.63, 3.8) is 0 Å². The Morgan fingerprint density at radius 1 is 0.939 bits per heavy atom. The zero-order valence-electron chi connectivity index (χ0n) is 17.9. The Balaban J connectivity index is 1.70. The first-order valence-electron chi connectivity index (χ1n) is 10.1. The van der Waals surface area contributed by atoms with Crippen LogP contribution in [-0.4, -0.2) is 72.0 Å². The maximum absolute atomic E-state index is 13.1. The van der Waals surface area contributed by atoms with Crippen LogP contribution in [0.15, 0.2) is 51.9 Å². The summed E-state index contributed by atoms with van der Waals surface area (Å²) in [5, 5.41) is 39.7. The third-order valence-electron chi connectivity index (χ3n) is 5.55. The molecule has 1 aromatic heterocycles. The first-order chi connectivity index (χ1) is 15.9. The summed E-state index contributed by atoms with van der Waals surface area (Å²) in [7, 11) is 2.92. The van der Waals surface area contributed by atoms with E-state index in [1.165, 1.54) is 25.5 Å². The van der Waals surface area contributed by atoms with Gasteiger partial charge in [-0.1, -0.05) is 12.1 Å². The van der Waals surface area contributed by atoms with Gasteiger partial charge < -0.3 is 43.8 Å². The van der Waals surface area contributed by atoms with Gasteiger partial charge in [-0.3, -0.25) is 4.79 Å². The molecule has 1 saturated heterocycles. The third-order valence-corrected chi connectivity index (χ3v) is 5.55. The molecule has 0 spiro atoms. The number of hydrogen-bond acceptors (Lipinski definition) is 10. The number of hydrogen-bond donors (Lipinski definition) is 4. The lowest BCUT2D eigenvalue weighted by Gasteiger charge is -2.39. The lowest BCUT2D eigenvalue weighted by Crippen LogP contribution is -2.60. The average molecular weight is 460 g/mol. The van der Waals surface area contributed by atoms with Gasteiger partial charge in [0.1, 0.15) is 42.0 Å². The van der Waals surface area contributed by atoms with E-state index in [1.54, 1.807) is 31.4 Å². The van der Waals surface area contributed by atoms with Crippen LogP contribution >= 0.6 is 0 Å². The van der Waals surface area contributed by atoms with Gasteiger partial charge >= 0.3 is 0 Å². The minimum absolute atomic E-state index is 0.0645. The molecule has 10 heteroatoms. The molecule has 176 valence electrons. The summed E-state index contributed by atoms with van der Waals surface area (Å²) in [5.74, 6) is 0.869. The van der Waals surface area contributed by atoms with Crippen molar-refractivity contribution in [3.05, 3.63) is 52.9 Å². The Morgan fingerprint density at radius 2 is 1.67 bits per heavy atom. The molecule has 3 aromatic rings. The molecule has 0 saturated carbocycles. The van der Waals surface area contributed by atoms with Crippen molar-refractivity contribution in [1.82, 2.24) is 0 Å². The van der Waals surface area contributed by atoms with Crippen LogP contribution in [0.4, 0.5) is 0 Å². The van der Waals surface area contributed by atoms with Crippen molar-refractivity contribution >= 4 is 11.0 Å². The monoisotopic (exact) mass is 460 g/mol. The SMILES string of the molecule is COc1ccc(-c2coc3cc(O[C@@H]4O[C@@H](CO)[C@@H](O)[C@@H](O)[C@H]4O)c(OC)cc3c2=O)cc1. The molecule has 0 unspecified atom stereocenters. The molecule has 0 radical (unpaired) electrons. The minimum Gasteiger partial charge on any atom is -0.497 e. The molecular weight excluding hydrogens is 436 g/mol. The Kier molecular flexibility index (Phi) is 6.54. The molecule has 4 rings (SSSR count). The zero-order chi connectivity index (χ0) is 23.7. The predicted octanol–water partition coefficient (Wildman–Crippen LogP) is 0.656. The minimum atomic E-state index is -1.60. The van der Waals surface area contributed by atoms with Crippen LogP contribution in [0.25, 0.3) is 22.1 Å². The summed E-state index contributed by atoms with van der Waals surface area (Å²) >= 11 is 0. The van der Waals surface area contributed by atoms with Crippen LogP contribution < -0.4 is 19.6 Å². The van der Waals surface area contributed by atoms with E-state index in [-0.39, 0.29) is 27.9 Å². The summed E-state index contributed by atoms with van der Waals surface area (Å²) in [4.78, 5) is 13.1. The van der Waals surface area contributed by atoms with Gasteiger partial charge in [-0.05, 0) is 23.8 Å². The molecule has 1 aliphatic rings. The zero-order valence-corrected chi connectivity index (χ0v) is 17.9. The fourth-order valence-electron chi connectivity index (χ4n) is 3.65. The summed E-state index contributed by atoms with van der Waals surface area (Å²) < 4.78 is 27.2. The Bertz CT molecular complexity index is 1170. The average Bonchev–Trinajstić information content (AvgIpc) is 2.84. The number of rotatable bonds is 6. The first-order valence-corrected chi connectivity index (χ1v) is 10.1. The largest absolute Gasteiger partial charge is 0.497 e. The molecule has 5 atom stereocenters. The van der Waals surface area contributed by atoms with E-state index in [4.69, 9.17) is 23.4 Å². The molecule has 0 bridgehead atoms. The standard InChI is InChI=1S/C23H24O10/c1-29-12-5-3-11(4-6-12)14-10-31-15-8-17(16(30-2)7-13(15)19(14)25)32-23-22(28)21(27)20(26)18(9-24)33-23/h3-8,10,18,20-24,26-28H,9H2,1-2H3/t18-,20+,21+,22+,23+/m0/s1. The summed E-state index contributed by atoms with van der Waals surface area (Å²) in [6, 6.07) is 9.78. The molecule has 0 aliphatic carbocycles. The molecular formula is C23H24O10. The van der Waals surface area contributed by atoms with Crippen LogP contribution in [0.2, 0.25) is 0 Å². The highest BCUT2D eigenvalue weighted by Gasteiger charge is 2.45. The van der Waals surface area contributed by atoms with Crippen LogP contribution in [0.3, 0.4) is 0 Å². The highest BCUT2D eigenvalue weighted by Crippen LogP contribution is 2.35. The van der Waals surface area contributed by atoms with Gasteiger partial charge in [-0.25, -0.2) is 0 Å². The molecule has 1 fully saturated rings. The molecule has 10 nitrogen and oxygen atoms in total. The number of methoxy groups -OCH3 is 2. The van der Waals surface area contributed by atoms with Crippen LogP contribution in [-0.2, 0) is 4.74 Å². The summed E-state index contributed by atoms with van der Waals surface area (Å²) in [6.07, 6.45) is -5.94. The van der Waals surface area contributed by atoms with E-state index in [0.717, 1.165) is 0 Å². The normalized spacial score (nSPS) is 25.1. The lowest BCUT2D eigenvalue weighted by molar-refractivity contribution is -0.277. The van der Waals surface area contributed by atoms with E-state index in [2.05, 4.69) is 0 Å². The van der Waals surface area contributed by atoms with Gasteiger partial charge in [-0.15, -0.1) is 0 Å². The van der Waals surface area contributed by atoms with Gasteiger partial charge in [0.05, 0.1) is 31.8 Å². The smallest absolute Gasteiger partial charge is 0.229 e. The Labute approximate surface area is 188 Å². The number of aliphatic hydroxyl groups is 4. The highest BCUT2D eigenvalue weighted by molar-refractivity contribution is 5.84. The number of fused-ring (bicyclic) bond motifs is 1. The van der Waals surface area contributed by atoms with Gasteiger partial charge in [0, 0.05) is 6.07 Å². The lowest BCUT2D eigenvalue weighted by atomic mass is 9.99. The van der Waals surface area contributed by atoms with E-state index >= 15 is 0 Å². The molecule has 1 aliphatic heterocycles. The van der Waals surface area contributed by atoms with E-state index < -0.39 is 37.3 Å². The molecule has 2 heterocycles. The summed E-state index contributed by atoms with van der Waals surface area (Å²) in [5.41, 5.74) is 0.888. The van der Waals surface area contributed by atoms with Crippen LogP contribution in [0.1, 0.15) is 0 Å². The fraction of sp³-hybridized carbons (Fsp3) is 0.348. The topological polar surface area (TPSA) is 148 Å². The van der Waals surface area contributed by atoms with Crippen LogP contribution in [0.5, 0.6) is 17.2 Å². The second-order valence-corrected chi connectivity index (χ2v) is 7.52. The van der Waals surface area contributed by atoms with Gasteiger partial charge in [0.25, 0.3) is 0 Å². The number of ether oxygens (including phenoxy) is 4. The second kappa shape index (κ2) is 9.38. The summed E-state index contributed by atoms with van der Waals surface area (Å²) in [6.45, 7) is -0.595. The van der Waals surface area contributed by atoms with Gasteiger partial charge in [0.2, 0.25) is 11.7 Å². The highest BCUT2D eigenvalue weighted by atomic mass is 16.7. The van der Waals surface area contributed by atoms with Gasteiger partial charge in [-0.2, -0.15) is 0 Å². The fourth-order valence-corrected chi connectivity index (χ4v) is 3.65. The molecule has 33 heavy (non-hydrogen) atoms. The molecule has 0 amide bonds. The van der Waals surface area contributed by atoms with E-state index in [0.29, 0.717) is 16.9 Å². The van der Waals surface area contributed by atoms with E-state index in [1.807, 2.05) is 0 Å². The van der Waals surface area contributed by atoms with Crippen molar-refractivity contribution in [2.45, 2.75) is 30.7 Å². The molecule has 2 aromatic carbocycles. The third kappa shape index (κ3) is 4.26. The molecule has 4 N–H and O–H groups in total. The number of aliphatic hydroxyl groups excluding tert-OH is 4. The first kappa shape index (κ1) is 23.0. The van der Waals surface area contributed by atoms with E-state index in [9.17, 15) is 25.2 Å². The second-order valence-electron chi connectivity index (χ2n) is 7.52. The Morgan fingerprint density at radius 3 is 2.30 bits per heavy atom. The predicted molar refractivity (Wildman–Crippen MR) is 115 cm³/mol. The van der Waals surface area contributed by atoms with Crippen molar-refractivity contribution in [2.75, 3.05) is 20.8 Å². The van der Waals surface area contributed by atoms with Gasteiger partial charge in [0.15, 0.2) is 11.5 Å². The maximum Gasteiger partial charge on any atom is 0.229 e. The van der Waals surface area contributed by atoms with Crippen molar-refractivity contribution in [3.8, 4) is 28.4 Å². The van der Waals surface area contributed by atoms with Crippen molar-refractivity contribution in [1.29, 1.82) is 0 Å². The number of benzene rings is 2. The Hall–Kier alpha value is -3.15.